The van der Waals surface area contributed by atoms with Crippen LogP contribution in [-0.4, -0.2) is 39.4 Å². The van der Waals surface area contributed by atoms with Gasteiger partial charge in [0.15, 0.2) is 0 Å². The van der Waals surface area contributed by atoms with Crippen LogP contribution < -0.4 is 10.5 Å². The van der Waals surface area contributed by atoms with E-state index in [0.717, 1.165) is 11.3 Å². The molecule has 0 aliphatic carbocycles. The lowest BCUT2D eigenvalue weighted by Gasteiger charge is -2.10. The van der Waals surface area contributed by atoms with Gasteiger partial charge in [-0.1, -0.05) is 12.1 Å². The van der Waals surface area contributed by atoms with Crippen LogP contribution in [0, 0.1) is 0 Å². The molecule has 0 fully saturated rings. The van der Waals surface area contributed by atoms with Crippen LogP contribution in [0.1, 0.15) is 5.56 Å². The van der Waals surface area contributed by atoms with E-state index in [1.54, 1.807) is 7.11 Å². The summed E-state index contributed by atoms with van der Waals surface area (Å²) in [6, 6.07) is 6.81. The Morgan fingerprint density at radius 1 is 1.22 bits per heavy atom. The molecular weight excluding hydrogens is 234 g/mol. The molecule has 0 saturated carbocycles. The highest BCUT2D eigenvalue weighted by Crippen LogP contribution is 2.13. The molecule has 1 rings (SSSR count). The Hall–Kier alpha value is -1.59. The predicted molar refractivity (Wildman–Crippen MR) is 67.5 cm³/mol. The molecule has 0 aliphatic rings. The number of carbonyl (C=O) groups excluding carboxylic acids is 1. The van der Waals surface area contributed by atoms with E-state index in [4.69, 9.17) is 15.2 Å². The van der Waals surface area contributed by atoms with Gasteiger partial charge in [-0.3, -0.25) is 4.79 Å². The maximum Gasteiger partial charge on any atom is 0.322 e. The van der Waals surface area contributed by atoms with E-state index < -0.39 is 12.0 Å². The van der Waals surface area contributed by atoms with Crippen LogP contribution >= 0.6 is 0 Å². The van der Waals surface area contributed by atoms with Crippen molar-refractivity contribution in [1.29, 1.82) is 0 Å². The molecule has 0 spiro atoms. The normalized spacial score (nSPS) is 11.9. The number of hydrogen-bond acceptors (Lipinski definition) is 5. The highest BCUT2D eigenvalue weighted by Gasteiger charge is 2.13. The minimum absolute atomic E-state index is 0.407. The molecule has 1 aromatic rings. The fraction of sp³-hybridized carbons (Fsp3) is 0.462. The molecule has 0 heterocycles. The van der Waals surface area contributed by atoms with E-state index in [1.807, 2.05) is 24.3 Å². The fourth-order valence-electron chi connectivity index (χ4n) is 1.45. The molecule has 1 unspecified atom stereocenters. The number of hydrogen-bond donors (Lipinski definition) is 1. The fourth-order valence-corrected chi connectivity index (χ4v) is 1.45. The van der Waals surface area contributed by atoms with Crippen molar-refractivity contribution in [2.45, 2.75) is 12.5 Å². The predicted octanol–water partition coefficient (Wildman–Crippen LogP) is 0.755. The summed E-state index contributed by atoms with van der Waals surface area (Å²) < 4.78 is 14.9. The van der Waals surface area contributed by atoms with Gasteiger partial charge in [-0.15, -0.1) is 0 Å². The molecular formula is C13H19NO4. The summed E-state index contributed by atoms with van der Waals surface area (Å²) >= 11 is 0. The third-order valence-corrected chi connectivity index (χ3v) is 2.44. The molecule has 5 nitrogen and oxygen atoms in total. The van der Waals surface area contributed by atoms with E-state index in [2.05, 4.69) is 4.74 Å². The first-order valence-electron chi connectivity index (χ1n) is 5.71. The third kappa shape index (κ3) is 4.73. The zero-order chi connectivity index (χ0) is 13.4. The van der Waals surface area contributed by atoms with Crippen LogP contribution in [0.15, 0.2) is 24.3 Å². The van der Waals surface area contributed by atoms with E-state index in [9.17, 15) is 4.79 Å². The Kier molecular flexibility index (Phi) is 6.18. The maximum absolute atomic E-state index is 11.2. The van der Waals surface area contributed by atoms with Crippen LogP contribution in [0.2, 0.25) is 0 Å². The van der Waals surface area contributed by atoms with E-state index >= 15 is 0 Å². The van der Waals surface area contributed by atoms with Crippen LogP contribution in [0.5, 0.6) is 5.75 Å². The van der Waals surface area contributed by atoms with Gasteiger partial charge < -0.3 is 19.9 Å². The quantitative estimate of drug-likeness (QED) is 0.573. The topological polar surface area (TPSA) is 70.8 Å². The minimum Gasteiger partial charge on any atom is -0.491 e. The van der Waals surface area contributed by atoms with Crippen molar-refractivity contribution >= 4 is 5.97 Å². The highest BCUT2D eigenvalue weighted by atomic mass is 16.5. The van der Waals surface area contributed by atoms with Crippen LogP contribution in [-0.2, 0) is 20.7 Å². The van der Waals surface area contributed by atoms with Crippen molar-refractivity contribution in [2.24, 2.45) is 5.73 Å². The largest absolute Gasteiger partial charge is 0.491 e. The van der Waals surface area contributed by atoms with E-state index in [0.29, 0.717) is 19.6 Å². The monoisotopic (exact) mass is 253 g/mol. The first-order chi connectivity index (χ1) is 8.67. The smallest absolute Gasteiger partial charge is 0.322 e. The van der Waals surface area contributed by atoms with Gasteiger partial charge in [0.25, 0.3) is 0 Å². The number of nitrogens with two attached hydrogens (primary N) is 1. The van der Waals surface area contributed by atoms with Crippen molar-refractivity contribution in [3.63, 3.8) is 0 Å². The molecule has 0 bridgehead atoms. The van der Waals surface area contributed by atoms with Crippen molar-refractivity contribution in [3.8, 4) is 5.75 Å². The number of carbonyl (C=O) groups is 1. The van der Waals surface area contributed by atoms with Gasteiger partial charge >= 0.3 is 5.97 Å². The van der Waals surface area contributed by atoms with E-state index in [-0.39, 0.29) is 0 Å². The molecule has 2 N–H and O–H groups in total. The van der Waals surface area contributed by atoms with Gasteiger partial charge in [-0.05, 0) is 24.1 Å². The molecule has 5 heteroatoms. The molecule has 0 radical (unpaired) electrons. The Labute approximate surface area is 107 Å². The summed E-state index contributed by atoms with van der Waals surface area (Å²) in [5.41, 5.74) is 6.64. The van der Waals surface area contributed by atoms with Gasteiger partial charge in [-0.25, -0.2) is 0 Å². The standard InChI is InChI=1S/C13H19NO4/c1-16-7-8-18-11-5-3-10(4-6-11)9-12(14)13(15)17-2/h3-6,12H,7-9,14H2,1-2H3. The van der Waals surface area contributed by atoms with Gasteiger partial charge in [0.05, 0.1) is 13.7 Å². The number of ether oxygens (including phenoxy) is 3. The zero-order valence-electron chi connectivity index (χ0n) is 10.7. The van der Waals surface area contributed by atoms with Gasteiger partial charge in [-0.2, -0.15) is 0 Å². The van der Waals surface area contributed by atoms with Crippen LogP contribution in [0.3, 0.4) is 0 Å². The second-order valence-electron chi connectivity index (χ2n) is 3.82. The number of esters is 1. The first kappa shape index (κ1) is 14.5. The average molecular weight is 253 g/mol. The highest BCUT2D eigenvalue weighted by molar-refractivity contribution is 5.75. The summed E-state index contributed by atoms with van der Waals surface area (Å²) in [7, 11) is 2.95. The van der Waals surface area contributed by atoms with Crippen molar-refractivity contribution < 1.29 is 19.0 Å². The van der Waals surface area contributed by atoms with Crippen LogP contribution in [0.4, 0.5) is 0 Å². The molecule has 1 atom stereocenters. The molecule has 100 valence electrons. The lowest BCUT2D eigenvalue weighted by molar-refractivity contribution is -0.142. The SMILES string of the molecule is COCCOc1ccc(CC(N)C(=O)OC)cc1. The Bertz CT molecular complexity index is 364. The summed E-state index contributed by atoms with van der Waals surface area (Å²) in [5.74, 6) is 0.359. The summed E-state index contributed by atoms with van der Waals surface area (Å²) in [5, 5.41) is 0. The van der Waals surface area contributed by atoms with Crippen molar-refractivity contribution in [2.75, 3.05) is 27.4 Å². The van der Waals surface area contributed by atoms with Crippen molar-refractivity contribution in [3.05, 3.63) is 29.8 Å². The second kappa shape index (κ2) is 7.68. The lowest BCUT2D eigenvalue weighted by atomic mass is 10.1. The second-order valence-corrected chi connectivity index (χ2v) is 3.82. The van der Waals surface area contributed by atoms with Gasteiger partial charge in [0.2, 0.25) is 0 Å². The Morgan fingerprint density at radius 3 is 2.44 bits per heavy atom. The molecule has 0 saturated heterocycles. The molecule has 0 aliphatic heterocycles. The van der Waals surface area contributed by atoms with Gasteiger partial charge in [0, 0.05) is 7.11 Å². The Morgan fingerprint density at radius 2 is 1.89 bits per heavy atom. The summed E-state index contributed by atoms with van der Waals surface area (Å²) in [6.45, 7) is 1.06. The van der Waals surface area contributed by atoms with Crippen molar-refractivity contribution in [1.82, 2.24) is 0 Å². The van der Waals surface area contributed by atoms with Gasteiger partial charge in [0.1, 0.15) is 18.4 Å². The number of rotatable bonds is 7. The molecule has 0 amide bonds. The maximum atomic E-state index is 11.2. The van der Waals surface area contributed by atoms with E-state index in [1.165, 1.54) is 7.11 Å². The number of benzene rings is 1. The molecule has 0 aromatic heterocycles. The first-order valence-corrected chi connectivity index (χ1v) is 5.71. The molecule has 18 heavy (non-hydrogen) atoms. The lowest BCUT2D eigenvalue weighted by Crippen LogP contribution is -2.33. The number of methoxy groups -OCH3 is 2. The molecule has 1 aromatic carbocycles. The summed E-state index contributed by atoms with van der Waals surface area (Å²) in [4.78, 5) is 11.2. The summed E-state index contributed by atoms with van der Waals surface area (Å²) in [6.07, 6.45) is 0.449. The van der Waals surface area contributed by atoms with Crippen LogP contribution in [0.25, 0.3) is 0 Å². The minimum atomic E-state index is -0.629. The Balaban J connectivity index is 2.47. The third-order valence-electron chi connectivity index (χ3n) is 2.44. The average Bonchev–Trinajstić information content (AvgIpc) is 2.40. The zero-order valence-corrected chi connectivity index (χ0v) is 10.7.